The summed E-state index contributed by atoms with van der Waals surface area (Å²) in [5.41, 5.74) is 5.08. The summed E-state index contributed by atoms with van der Waals surface area (Å²) in [7, 11) is 2.66. The van der Waals surface area contributed by atoms with Crippen LogP contribution in [0.15, 0.2) is 91.5 Å². The number of methoxy groups -OCH3 is 2. The lowest BCUT2D eigenvalue weighted by Crippen LogP contribution is -2.16. The summed E-state index contributed by atoms with van der Waals surface area (Å²) in [6, 6.07) is 20.0. The van der Waals surface area contributed by atoms with Gasteiger partial charge < -0.3 is 28.4 Å². The number of aromatic nitrogens is 3. The summed E-state index contributed by atoms with van der Waals surface area (Å²) in [6.07, 6.45) is 9.64. The molecule has 6 aromatic rings. The largest absolute Gasteiger partial charge is 0.485 e. The SMILES string of the molecule is COC(=O)c1cnc(Oc2ccc3c(c2)CCC(c2cc(F)ccc2C)O3)s1.COC(=O)c1cnc(Oc2ccc3c(c2)CCC(c2cccnc2)O3)s1. The predicted octanol–water partition coefficient (Wildman–Crippen LogP) is 9.42. The summed E-state index contributed by atoms with van der Waals surface area (Å²) in [5, 5.41) is 0.764. The molecule has 0 aliphatic carbocycles. The number of ether oxygens (including phenoxy) is 6. The minimum Gasteiger partial charge on any atom is -0.485 e. The number of carbonyl (C=O) groups is 2. The summed E-state index contributed by atoms with van der Waals surface area (Å²) < 4.78 is 46.7. The molecule has 3 aromatic heterocycles. The van der Waals surface area contributed by atoms with Crippen molar-refractivity contribution in [2.45, 2.75) is 44.8 Å². The number of hydrogen-bond acceptors (Lipinski definition) is 13. The van der Waals surface area contributed by atoms with Gasteiger partial charge in [-0.3, -0.25) is 4.98 Å². The second-order valence-corrected chi connectivity index (χ2v) is 14.3. The molecule has 0 saturated heterocycles. The Morgan fingerprint density at radius 2 is 1.31 bits per heavy atom. The molecule has 0 bridgehead atoms. The molecule has 2 aliphatic rings. The Bertz CT molecular complexity index is 2280. The van der Waals surface area contributed by atoms with E-state index in [0.717, 1.165) is 87.7 Å². The minimum atomic E-state index is -0.440. The molecule has 0 saturated carbocycles. The van der Waals surface area contributed by atoms with Crippen molar-refractivity contribution >= 4 is 34.6 Å². The van der Waals surface area contributed by atoms with E-state index in [-0.39, 0.29) is 18.0 Å². The molecule has 0 radical (unpaired) electrons. The third kappa shape index (κ3) is 8.50. The first-order chi connectivity index (χ1) is 26.3. The number of fused-ring (bicyclic) bond motifs is 2. The molecule has 5 heterocycles. The molecule has 2 aliphatic heterocycles. The number of aryl methyl sites for hydroxylation is 3. The van der Waals surface area contributed by atoms with Gasteiger partial charge in [-0.05, 0) is 109 Å². The highest BCUT2D eigenvalue weighted by Gasteiger charge is 2.25. The van der Waals surface area contributed by atoms with Crippen molar-refractivity contribution in [3.05, 3.63) is 135 Å². The van der Waals surface area contributed by atoms with Gasteiger partial charge in [0.15, 0.2) is 0 Å². The Kier molecular flexibility index (Phi) is 11.1. The van der Waals surface area contributed by atoms with Crippen molar-refractivity contribution in [1.29, 1.82) is 0 Å². The molecule has 2 unspecified atom stereocenters. The third-order valence-electron chi connectivity index (χ3n) is 8.75. The van der Waals surface area contributed by atoms with Crippen molar-refractivity contribution in [3.8, 4) is 33.4 Å². The van der Waals surface area contributed by atoms with Crippen LogP contribution in [0.3, 0.4) is 0 Å². The minimum absolute atomic E-state index is 0.0181. The lowest BCUT2D eigenvalue weighted by atomic mass is 9.94. The first-order valence-electron chi connectivity index (χ1n) is 17.0. The van der Waals surface area contributed by atoms with Crippen LogP contribution in [0.25, 0.3) is 0 Å². The summed E-state index contributed by atoms with van der Waals surface area (Å²) in [5.74, 6) is 1.79. The zero-order valence-corrected chi connectivity index (χ0v) is 31.1. The fourth-order valence-electron chi connectivity index (χ4n) is 6.04. The topological polar surface area (TPSA) is 128 Å². The second kappa shape index (κ2) is 16.4. The maximum Gasteiger partial charge on any atom is 0.349 e. The van der Waals surface area contributed by atoms with Crippen LogP contribution >= 0.6 is 22.7 Å². The molecule has 0 N–H and O–H groups in total. The molecule has 0 amide bonds. The fourth-order valence-corrected chi connectivity index (χ4v) is 7.44. The Balaban J connectivity index is 0.000000167. The number of thiazole rings is 2. The number of benzene rings is 3. The number of rotatable bonds is 8. The fraction of sp³-hybridized carbons (Fsp3) is 0.225. The van der Waals surface area contributed by atoms with E-state index in [1.807, 2.05) is 55.6 Å². The Hall–Kier alpha value is -5.86. The average molecular weight is 768 g/mol. The quantitative estimate of drug-likeness (QED) is 0.137. The number of hydrogen-bond donors (Lipinski definition) is 0. The molecule has 2 atom stereocenters. The van der Waals surface area contributed by atoms with Crippen molar-refractivity contribution in [3.63, 3.8) is 0 Å². The summed E-state index contributed by atoms with van der Waals surface area (Å²) >= 11 is 2.27. The van der Waals surface area contributed by atoms with Crippen LogP contribution in [0.1, 0.15) is 72.2 Å². The van der Waals surface area contributed by atoms with E-state index < -0.39 is 11.9 Å². The molecule has 276 valence electrons. The van der Waals surface area contributed by atoms with E-state index in [0.29, 0.717) is 31.6 Å². The smallest absolute Gasteiger partial charge is 0.349 e. The van der Waals surface area contributed by atoms with Crippen molar-refractivity contribution in [1.82, 2.24) is 15.0 Å². The monoisotopic (exact) mass is 767 g/mol. The Labute approximate surface area is 318 Å². The van der Waals surface area contributed by atoms with Gasteiger partial charge in [0.2, 0.25) is 0 Å². The second-order valence-electron chi connectivity index (χ2n) is 12.3. The van der Waals surface area contributed by atoms with Crippen molar-refractivity contribution in [2.75, 3.05) is 14.2 Å². The maximum absolute atomic E-state index is 13.6. The van der Waals surface area contributed by atoms with E-state index in [1.165, 1.54) is 32.7 Å². The molecular weight excluding hydrogens is 734 g/mol. The first kappa shape index (κ1) is 36.5. The van der Waals surface area contributed by atoms with Crippen LogP contribution in [0.4, 0.5) is 4.39 Å². The number of pyridine rings is 1. The van der Waals surface area contributed by atoms with E-state index in [4.69, 9.17) is 18.9 Å². The zero-order valence-electron chi connectivity index (χ0n) is 29.4. The van der Waals surface area contributed by atoms with E-state index in [2.05, 4.69) is 24.4 Å². The van der Waals surface area contributed by atoms with Gasteiger partial charge in [0.1, 0.15) is 50.8 Å². The maximum atomic E-state index is 13.6. The normalized spacial score (nSPS) is 15.6. The van der Waals surface area contributed by atoms with E-state index in [1.54, 1.807) is 24.4 Å². The van der Waals surface area contributed by atoms with Gasteiger partial charge in [-0.1, -0.05) is 34.8 Å². The van der Waals surface area contributed by atoms with Crippen LogP contribution in [0.2, 0.25) is 0 Å². The number of esters is 2. The number of carbonyl (C=O) groups excluding carboxylic acids is 2. The van der Waals surface area contributed by atoms with Gasteiger partial charge in [0.05, 0.1) is 26.6 Å². The van der Waals surface area contributed by atoms with Crippen LogP contribution in [0, 0.1) is 12.7 Å². The first-order valence-corrected chi connectivity index (χ1v) is 18.6. The van der Waals surface area contributed by atoms with Gasteiger partial charge in [-0.15, -0.1) is 0 Å². The number of nitrogens with zero attached hydrogens (tertiary/aromatic N) is 3. The third-order valence-corrected chi connectivity index (χ3v) is 10.5. The molecule has 8 rings (SSSR count). The van der Waals surface area contributed by atoms with Gasteiger partial charge in [-0.2, -0.15) is 0 Å². The molecule has 54 heavy (non-hydrogen) atoms. The highest BCUT2D eigenvalue weighted by atomic mass is 32.1. The van der Waals surface area contributed by atoms with Gasteiger partial charge in [-0.25, -0.2) is 23.9 Å². The average Bonchev–Trinajstić information content (AvgIpc) is 3.88. The van der Waals surface area contributed by atoms with Crippen LogP contribution in [0.5, 0.6) is 33.4 Å². The predicted molar refractivity (Wildman–Crippen MR) is 199 cm³/mol. The summed E-state index contributed by atoms with van der Waals surface area (Å²) in [4.78, 5) is 36.1. The molecule has 0 fully saturated rings. The Morgan fingerprint density at radius 3 is 1.87 bits per heavy atom. The van der Waals surface area contributed by atoms with Gasteiger partial charge >= 0.3 is 11.9 Å². The van der Waals surface area contributed by atoms with Crippen LogP contribution in [-0.4, -0.2) is 41.1 Å². The van der Waals surface area contributed by atoms with E-state index in [9.17, 15) is 14.0 Å². The van der Waals surface area contributed by atoms with Crippen LogP contribution < -0.4 is 18.9 Å². The Morgan fingerprint density at radius 1 is 0.741 bits per heavy atom. The van der Waals surface area contributed by atoms with Crippen LogP contribution in [-0.2, 0) is 22.3 Å². The van der Waals surface area contributed by atoms with Crippen molar-refractivity contribution < 1.29 is 42.4 Å². The highest BCUT2D eigenvalue weighted by Crippen LogP contribution is 2.40. The van der Waals surface area contributed by atoms with Crippen molar-refractivity contribution in [2.24, 2.45) is 0 Å². The number of halogens is 1. The van der Waals surface area contributed by atoms with Gasteiger partial charge in [0, 0.05) is 18.0 Å². The molecule has 0 spiro atoms. The zero-order chi connectivity index (χ0) is 37.6. The molecular formula is C40H34FN3O8S2. The highest BCUT2D eigenvalue weighted by molar-refractivity contribution is 7.15. The van der Waals surface area contributed by atoms with Gasteiger partial charge in [0.25, 0.3) is 10.4 Å². The lowest BCUT2D eigenvalue weighted by molar-refractivity contribution is 0.0597. The van der Waals surface area contributed by atoms with E-state index >= 15 is 0 Å². The molecule has 3 aromatic carbocycles. The molecule has 11 nitrogen and oxygen atoms in total. The standard InChI is InChI=1S/C21H18FNO4S.C19H16N2O4S/c1-12-3-5-14(22)10-16(12)18-7-4-13-9-15(6-8-17(13)27-18)26-21-23-11-19(28-21)20(24)25-2;1-23-18(22)17-11-21-19(26-17)24-14-5-7-15-12(9-14)4-6-16(25-15)13-3-2-8-20-10-13/h3,5-6,8-11,18H,4,7H2,1-2H3;2-3,5,7-11,16H,4,6H2,1H3. The lowest BCUT2D eigenvalue weighted by Gasteiger charge is -2.27. The molecule has 14 heteroatoms. The summed E-state index contributed by atoms with van der Waals surface area (Å²) in [6.45, 7) is 1.96.